The number of carbonyl (C=O) groups excluding carboxylic acids is 2. The Bertz CT molecular complexity index is 653. The van der Waals surface area contributed by atoms with Crippen molar-refractivity contribution >= 4 is 11.8 Å². The molecule has 0 radical (unpaired) electrons. The van der Waals surface area contributed by atoms with Crippen LogP contribution >= 0.6 is 0 Å². The summed E-state index contributed by atoms with van der Waals surface area (Å²) >= 11 is 0. The molecule has 0 unspecified atom stereocenters. The quantitative estimate of drug-likeness (QED) is 0.833. The van der Waals surface area contributed by atoms with Gasteiger partial charge in [-0.3, -0.25) is 9.59 Å². The first kappa shape index (κ1) is 18.7. The summed E-state index contributed by atoms with van der Waals surface area (Å²) < 4.78 is 5.37. The van der Waals surface area contributed by atoms with Gasteiger partial charge in [0.2, 0.25) is 5.91 Å². The first-order valence-electron chi connectivity index (χ1n) is 9.83. The fraction of sp³-hybridized carbons (Fsp3) is 0.619. The fourth-order valence-corrected chi connectivity index (χ4v) is 4.11. The van der Waals surface area contributed by atoms with Gasteiger partial charge in [0.15, 0.2) is 0 Å². The molecule has 1 saturated heterocycles. The molecule has 1 aliphatic heterocycles. The Hall–Kier alpha value is -2.04. The number of ether oxygens (including phenoxy) is 1. The minimum absolute atomic E-state index is 0.00230. The SMILES string of the molecule is COc1ccc(C)cc1C(=O)N1CCCN(C(=O)C2CCCCC2)CC1. The molecular formula is C21H30N2O3. The lowest BCUT2D eigenvalue weighted by Crippen LogP contribution is -2.40. The second kappa shape index (κ2) is 8.56. The van der Waals surface area contributed by atoms with Crippen LogP contribution in [0, 0.1) is 12.8 Å². The van der Waals surface area contributed by atoms with Crippen LogP contribution in [-0.4, -0.2) is 54.9 Å². The van der Waals surface area contributed by atoms with E-state index in [0.29, 0.717) is 36.9 Å². The average Bonchev–Trinajstić information content (AvgIpc) is 2.93. The van der Waals surface area contributed by atoms with E-state index in [-0.39, 0.29) is 11.8 Å². The summed E-state index contributed by atoms with van der Waals surface area (Å²) in [6.07, 6.45) is 6.48. The first-order valence-corrected chi connectivity index (χ1v) is 9.83. The zero-order valence-electron chi connectivity index (χ0n) is 16.0. The molecule has 3 rings (SSSR count). The van der Waals surface area contributed by atoms with Gasteiger partial charge < -0.3 is 14.5 Å². The lowest BCUT2D eigenvalue weighted by atomic mass is 9.88. The third-order valence-corrected chi connectivity index (χ3v) is 5.63. The lowest BCUT2D eigenvalue weighted by molar-refractivity contribution is -0.136. The Balaban J connectivity index is 1.65. The zero-order valence-corrected chi connectivity index (χ0v) is 16.0. The molecule has 26 heavy (non-hydrogen) atoms. The van der Waals surface area contributed by atoms with Gasteiger partial charge >= 0.3 is 0 Å². The number of hydrogen-bond donors (Lipinski definition) is 0. The summed E-state index contributed by atoms with van der Waals surface area (Å²) in [6, 6.07) is 5.68. The molecule has 0 N–H and O–H groups in total. The highest BCUT2D eigenvalue weighted by Gasteiger charge is 2.29. The topological polar surface area (TPSA) is 49.9 Å². The minimum atomic E-state index is -0.00230. The molecule has 1 aromatic rings. The van der Waals surface area contributed by atoms with Crippen LogP contribution in [0.25, 0.3) is 0 Å². The molecule has 1 saturated carbocycles. The standard InChI is InChI=1S/C21H30N2O3/c1-16-9-10-19(26-2)18(15-16)21(25)23-12-6-11-22(13-14-23)20(24)17-7-4-3-5-8-17/h9-10,15,17H,3-8,11-14H2,1-2H3. The Morgan fingerprint density at radius 1 is 0.962 bits per heavy atom. The molecule has 142 valence electrons. The zero-order chi connectivity index (χ0) is 18.5. The molecule has 2 amide bonds. The maximum Gasteiger partial charge on any atom is 0.257 e. The van der Waals surface area contributed by atoms with Crippen LogP contribution in [0.2, 0.25) is 0 Å². The Kier molecular flexibility index (Phi) is 6.17. The van der Waals surface area contributed by atoms with Crippen molar-refractivity contribution in [1.29, 1.82) is 0 Å². The van der Waals surface area contributed by atoms with E-state index >= 15 is 0 Å². The number of amides is 2. The van der Waals surface area contributed by atoms with Gasteiger partial charge in [0.1, 0.15) is 5.75 Å². The van der Waals surface area contributed by atoms with Crippen molar-refractivity contribution in [2.75, 3.05) is 33.3 Å². The number of methoxy groups -OCH3 is 1. The van der Waals surface area contributed by atoms with Crippen LogP contribution in [0.15, 0.2) is 18.2 Å². The van der Waals surface area contributed by atoms with E-state index < -0.39 is 0 Å². The molecule has 2 fully saturated rings. The van der Waals surface area contributed by atoms with Crippen molar-refractivity contribution < 1.29 is 14.3 Å². The number of rotatable bonds is 3. The maximum atomic E-state index is 13.0. The second-order valence-corrected chi connectivity index (χ2v) is 7.51. The van der Waals surface area contributed by atoms with Gasteiger partial charge in [0.25, 0.3) is 5.91 Å². The average molecular weight is 358 g/mol. The van der Waals surface area contributed by atoms with E-state index in [9.17, 15) is 9.59 Å². The smallest absolute Gasteiger partial charge is 0.257 e. The molecule has 5 heteroatoms. The van der Waals surface area contributed by atoms with Crippen molar-refractivity contribution in [1.82, 2.24) is 9.80 Å². The van der Waals surface area contributed by atoms with Crippen molar-refractivity contribution in [3.05, 3.63) is 29.3 Å². The highest BCUT2D eigenvalue weighted by atomic mass is 16.5. The molecule has 0 bridgehead atoms. The van der Waals surface area contributed by atoms with Crippen molar-refractivity contribution in [3.8, 4) is 5.75 Å². The van der Waals surface area contributed by atoms with E-state index in [1.807, 2.05) is 34.9 Å². The molecule has 0 atom stereocenters. The van der Waals surface area contributed by atoms with Crippen LogP contribution < -0.4 is 4.74 Å². The van der Waals surface area contributed by atoms with Crippen LogP contribution in [-0.2, 0) is 4.79 Å². The highest BCUT2D eigenvalue weighted by molar-refractivity contribution is 5.97. The summed E-state index contributed by atoms with van der Waals surface area (Å²) in [5, 5.41) is 0. The van der Waals surface area contributed by atoms with E-state index in [0.717, 1.165) is 31.4 Å². The third kappa shape index (κ3) is 4.19. The minimum Gasteiger partial charge on any atom is -0.496 e. The maximum absolute atomic E-state index is 13.0. The van der Waals surface area contributed by atoms with Crippen LogP contribution in [0.5, 0.6) is 5.75 Å². The first-order chi connectivity index (χ1) is 12.6. The van der Waals surface area contributed by atoms with Gasteiger partial charge in [-0.15, -0.1) is 0 Å². The predicted octanol–water partition coefficient (Wildman–Crippen LogP) is 3.26. The Labute approximate surface area is 156 Å². The van der Waals surface area contributed by atoms with Crippen molar-refractivity contribution in [3.63, 3.8) is 0 Å². The number of aryl methyl sites for hydroxylation is 1. The second-order valence-electron chi connectivity index (χ2n) is 7.51. The summed E-state index contributed by atoms with van der Waals surface area (Å²) in [5.74, 6) is 1.10. The largest absolute Gasteiger partial charge is 0.496 e. The van der Waals surface area contributed by atoms with Crippen LogP contribution in [0.4, 0.5) is 0 Å². The number of nitrogens with zero attached hydrogens (tertiary/aromatic N) is 2. The molecule has 1 heterocycles. The molecule has 1 aliphatic carbocycles. The Morgan fingerprint density at radius 2 is 1.65 bits per heavy atom. The van der Waals surface area contributed by atoms with Gasteiger partial charge in [0, 0.05) is 32.1 Å². The molecule has 1 aromatic carbocycles. The normalized spacial score (nSPS) is 19.2. The molecule has 2 aliphatic rings. The van der Waals surface area contributed by atoms with Gasteiger partial charge in [-0.2, -0.15) is 0 Å². The highest BCUT2D eigenvalue weighted by Crippen LogP contribution is 2.26. The van der Waals surface area contributed by atoms with Crippen molar-refractivity contribution in [2.45, 2.75) is 45.4 Å². The van der Waals surface area contributed by atoms with Crippen molar-refractivity contribution in [2.24, 2.45) is 5.92 Å². The Morgan fingerprint density at radius 3 is 2.38 bits per heavy atom. The van der Waals surface area contributed by atoms with Gasteiger partial charge in [-0.05, 0) is 38.3 Å². The summed E-state index contributed by atoms with van der Waals surface area (Å²) in [7, 11) is 1.59. The summed E-state index contributed by atoms with van der Waals surface area (Å²) in [4.78, 5) is 29.7. The van der Waals surface area contributed by atoms with Crippen LogP contribution in [0.3, 0.4) is 0 Å². The summed E-state index contributed by atoms with van der Waals surface area (Å²) in [5.41, 5.74) is 1.65. The molecular weight excluding hydrogens is 328 g/mol. The predicted molar refractivity (Wildman–Crippen MR) is 101 cm³/mol. The van der Waals surface area contributed by atoms with E-state index in [1.165, 1.54) is 19.3 Å². The number of benzene rings is 1. The van der Waals surface area contributed by atoms with Crippen LogP contribution in [0.1, 0.15) is 54.4 Å². The molecule has 0 spiro atoms. The van der Waals surface area contributed by atoms with E-state index in [1.54, 1.807) is 7.11 Å². The van der Waals surface area contributed by atoms with Gasteiger partial charge in [-0.1, -0.05) is 30.9 Å². The van der Waals surface area contributed by atoms with E-state index in [4.69, 9.17) is 4.74 Å². The fourth-order valence-electron chi connectivity index (χ4n) is 4.11. The van der Waals surface area contributed by atoms with E-state index in [2.05, 4.69) is 0 Å². The van der Waals surface area contributed by atoms with Gasteiger partial charge in [0.05, 0.1) is 12.7 Å². The molecule has 5 nitrogen and oxygen atoms in total. The third-order valence-electron chi connectivity index (χ3n) is 5.63. The number of carbonyl (C=O) groups is 2. The summed E-state index contributed by atoms with van der Waals surface area (Å²) in [6.45, 7) is 4.64. The molecule has 0 aromatic heterocycles. The van der Waals surface area contributed by atoms with Gasteiger partial charge in [-0.25, -0.2) is 0 Å². The number of hydrogen-bond acceptors (Lipinski definition) is 3. The lowest BCUT2D eigenvalue weighted by Gasteiger charge is -2.28. The monoisotopic (exact) mass is 358 g/mol.